The van der Waals surface area contributed by atoms with Crippen LogP contribution in [0.4, 0.5) is 24.5 Å². The fourth-order valence-electron chi connectivity index (χ4n) is 6.89. The number of imidazole rings is 1. The number of nitrogens with one attached hydrogen (secondary N) is 1. The maximum atomic E-state index is 13.9. The van der Waals surface area contributed by atoms with E-state index in [0.29, 0.717) is 35.0 Å². The Kier molecular flexibility index (Phi) is 7.51. The van der Waals surface area contributed by atoms with Crippen molar-refractivity contribution in [3.63, 3.8) is 0 Å². The van der Waals surface area contributed by atoms with E-state index in [2.05, 4.69) is 44.0 Å². The predicted molar refractivity (Wildman–Crippen MR) is 167 cm³/mol. The third-order valence-corrected chi connectivity index (χ3v) is 9.58. The van der Waals surface area contributed by atoms with Gasteiger partial charge in [0.2, 0.25) is 0 Å². The van der Waals surface area contributed by atoms with E-state index in [-0.39, 0.29) is 11.3 Å². The summed E-state index contributed by atoms with van der Waals surface area (Å²) in [5, 5.41) is 0. The number of aromatic amines is 1. The minimum atomic E-state index is -4.54. The van der Waals surface area contributed by atoms with Crippen molar-refractivity contribution in [3.05, 3.63) is 53.9 Å². The molecule has 0 amide bonds. The van der Waals surface area contributed by atoms with E-state index in [1.165, 1.54) is 24.9 Å². The van der Waals surface area contributed by atoms with E-state index < -0.39 is 11.9 Å². The number of piperidine rings is 1. The van der Waals surface area contributed by atoms with E-state index in [9.17, 15) is 13.2 Å². The highest BCUT2D eigenvalue weighted by molar-refractivity contribution is 5.91. The number of hydrogen-bond acceptors (Lipinski definition) is 6. The van der Waals surface area contributed by atoms with Crippen molar-refractivity contribution in [3.8, 4) is 22.6 Å². The van der Waals surface area contributed by atoms with Crippen LogP contribution in [0, 0.1) is 5.41 Å². The topological polar surface area (TPSA) is 70.2 Å². The van der Waals surface area contributed by atoms with Crippen LogP contribution in [0.1, 0.15) is 68.7 Å². The summed E-state index contributed by atoms with van der Waals surface area (Å²) < 4.78 is 47.4. The van der Waals surface area contributed by atoms with Gasteiger partial charge in [-0.25, -0.2) is 15.0 Å². The zero-order valence-electron chi connectivity index (χ0n) is 25.4. The van der Waals surface area contributed by atoms with Gasteiger partial charge in [0.05, 0.1) is 18.0 Å². The molecule has 4 aromatic rings. The number of nitrogens with zero attached hydrogens (tertiary/aromatic N) is 5. The number of anilines is 2. The van der Waals surface area contributed by atoms with Gasteiger partial charge in [-0.05, 0) is 87.4 Å². The molecule has 44 heavy (non-hydrogen) atoms. The Hall–Kier alpha value is -3.66. The SMILES string of the molecule is COCC1(CN(C)c2cc(-c3cc(C4CC4)nc(C(F)(F)F)c3)nc3nc(-c4ccc(N5CCCCC5)cc4)[nH]c23)CCC1. The first-order valence-electron chi connectivity index (χ1n) is 15.8. The van der Waals surface area contributed by atoms with Crippen LogP contribution in [-0.2, 0) is 10.9 Å². The molecule has 0 unspecified atom stereocenters. The molecule has 2 aliphatic carbocycles. The zero-order chi connectivity index (χ0) is 30.5. The lowest BCUT2D eigenvalue weighted by Crippen LogP contribution is -2.44. The van der Waals surface area contributed by atoms with Crippen LogP contribution in [0.25, 0.3) is 33.8 Å². The molecule has 3 aliphatic rings. The Labute approximate surface area is 255 Å². The predicted octanol–water partition coefficient (Wildman–Crippen LogP) is 7.83. The van der Waals surface area contributed by atoms with Crippen molar-refractivity contribution in [2.24, 2.45) is 5.41 Å². The van der Waals surface area contributed by atoms with Gasteiger partial charge < -0.3 is 19.5 Å². The molecule has 7 nitrogen and oxygen atoms in total. The van der Waals surface area contributed by atoms with Gasteiger partial charge in [-0.15, -0.1) is 0 Å². The molecule has 4 heterocycles. The van der Waals surface area contributed by atoms with Crippen molar-refractivity contribution in [1.29, 1.82) is 0 Å². The monoisotopic (exact) mass is 604 g/mol. The lowest BCUT2D eigenvalue weighted by molar-refractivity contribution is -0.141. The van der Waals surface area contributed by atoms with Crippen LogP contribution in [-0.4, -0.2) is 60.3 Å². The molecule has 10 heteroatoms. The third kappa shape index (κ3) is 5.76. The highest BCUT2D eigenvalue weighted by Gasteiger charge is 2.39. The van der Waals surface area contributed by atoms with Gasteiger partial charge >= 0.3 is 6.18 Å². The average Bonchev–Trinajstić information content (AvgIpc) is 3.78. The zero-order valence-corrected chi connectivity index (χ0v) is 25.4. The molecule has 0 bridgehead atoms. The Balaban J connectivity index is 1.30. The molecular formula is C34H39F3N6O. The number of H-pyrrole nitrogens is 1. The minimum Gasteiger partial charge on any atom is -0.384 e. The van der Waals surface area contributed by atoms with Crippen LogP contribution in [0.5, 0.6) is 0 Å². The van der Waals surface area contributed by atoms with E-state index in [1.54, 1.807) is 13.2 Å². The molecule has 1 N–H and O–H groups in total. The molecule has 7 rings (SSSR count). The van der Waals surface area contributed by atoms with Gasteiger partial charge in [0.1, 0.15) is 17.0 Å². The quantitative estimate of drug-likeness (QED) is 0.210. The summed E-state index contributed by atoms with van der Waals surface area (Å²) in [6.07, 6.45) is 4.20. The standard InChI is InChI=1S/C34H39F3N6O/c1-42(20-33(21-44-2)13-6-14-33)28-19-27(24-17-26(22-7-8-22)38-29(18-24)34(35,36)37)39-32-30(28)40-31(41-32)23-9-11-25(12-10-23)43-15-4-3-5-16-43/h9-12,17-19,22H,3-8,13-16,20-21H2,1-2H3,(H,39,40,41). The second kappa shape index (κ2) is 11.4. The number of hydrogen-bond donors (Lipinski definition) is 1. The first-order chi connectivity index (χ1) is 21.2. The first-order valence-corrected chi connectivity index (χ1v) is 15.8. The second-order valence-corrected chi connectivity index (χ2v) is 13.0. The van der Waals surface area contributed by atoms with Crippen LogP contribution in [0.3, 0.4) is 0 Å². The average molecular weight is 605 g/mol. The maximum Gasteiger partial charge on any atom is 0.433 e. The summed E-state index contributed by atoms with van der Waals surface area (Å²) in [5.74, 6) is 0.753. The maximum absolute atomic E-state index is 13.9. The molecule has 3 aromatic heterocycles. The summed E-state index contributed by atoms with van der Waals surface area (Å²) >= 11 is 0. The van der Waals surface area contributed by atoms with Crippen molar-refractivity contribution in [1.82, 2.24) is 19.9 Å². The molecule has 1 aromatic carbocycles. The number of benzene rings is 1. The molecule has 0 spiro atoms. The van der Waals surface area contributed by atoms with Gasteiger partial charge in [-0.3, -0.25) is 0 Å². The molecule has 232 valence electrons. The van der Waals surface area contributed by atoms with E-state index in [4.69, 9.17) is 14.7 Å². The smallest absolute Gasteiger partial charge is 0.384 e. The van der Waals surface area contributed by atoms with Crippen LogP contribution in [0.15, 0.2) is 42.5 Å². The Morgan fingerprint density at radius 2 is 1.70 bits per heavy atom. The fraction of sp³-hybridized carbons (Fsp3) is 0.500. The summed E-state index contributed by atoms with van der Waals surface area (Å²) in [5.41, 5.74) is 4.78. The summed E-state index contributed by atoms with van der Waals surface area (Å²) in [6.45, 7) is 3.57. The Bertz CT molecular complexity index is 1640. The fourth-order valence-corrected chi connectivity index (χ4v) is 6.89. The number of methoxy groups -OCH3 is 1. The lowest BCUT2D eigenvalue weighted by atomic mass is 9.69. The van der Waals surface area contributed by atoms with E-state index >= 15 is 0 Å². The highest BCUT2D eigenvalue weighted by atomic mass is 19.4. The second-order valence-electron chi connectivity index (χ2n) is 13.0. The molecule has 0 radical (unpaired) electrons. The van der Waals surface area contributed by atoms with Crippen LogP contribution < -0.4 is 9.80 Å². The number of pyridine rings is 2. The number of rotatable bonds is 9. The normalized spacial score (nSPS) is 18.4. The Morgan fingerprint density at radius 1 is 0.955 bits per heavy atom. The van der Waals surface area contributed by atoms with Crippen LogP contribution in [0.2, 0.25) is 0 Å². The van der Waals surface area contributed by atoms with E-state index in [0.717, 1.165) is 74.6 Å². The summed E-state index contributed by atoms with van der Waals surface area (Å²) in [4.78, 5) is 21.8. The number of ether oxygens (including phenoxy) is 1. The first kappa shape index (κ1) is 29.1. The lowest BCUT2D eigenvalue weighted by Gasteiger charge is -2.44. The summed E-state index contributed by atoms with van der Waals surface area (Å²) in [7, 11) is 3.77. The van der Waals surface area contributed by atoms with Gasteiger partial charge in [0.25, 0.3) is 0 Å². The van der Waals surface area contributed by atoms with Gasteiger partial charge in [-0.1, -0.05) is 6.42 Å². The third-order valence-electron chi connectivity index (χ3n) is 9.58. The molecule has 2 saturated carbocycles. The van der Waals surface area contributed by atoms with Crippen molar-refractivity contribution in [2.75, 3.05) is 50.2 Å². The number of fused-ring (bicyclic) bond motifs is 1. The van der Waals surface area contributed by atoms with Gasteiger partial charge in [-0.2, -0.15) is 13.2 Å². The molecular weight excluding hydrogens is 565 g/mol. The van der Waals surface area contributed by atoms with Crippen molar-refractivity contribution >= 4 is 22.5 Å². The van der Waals surface area contributed by atoms with Crippen LogP contribution >= 0.6 is 0 Å². The molecule has 1 aliphatic heterocycles. The number of alkyl halides is 3. The highest BCUT2D eigenvalue weighted by Crippen LogP contribution is 2.45. The minimum absolute atomic E-state index is 0.0473. The van der Waals surface area contributed by atoms with Gasteiger partial charge in [0.15, 0.2) is 5.65 Å². The Morgan fingerprint density at radius 3 is 2.34 bits per heavy atom. The van der Waals surface area contributed by atoms with Crippen molar-refractivity contribution < 1.29 is 17.9 Å². The van der Waals surface area contributed by atoms with E-state index in [1.807, 2.05) is 13.1 Å². The van der Waals surface area contributed by atoms with Crippen molar-refractivity contribution in [2.45, 2.75) is 63.5 Å². The number of aromatic nitrogens is 4. The molecule has 1 saturated heterocycles. The number of halogens is 3. The van der Waals surface area contributed by atoms with Gasteiger partial charge in [0, 0.05) is 67.6 Å². The largest absolute Gasteiger partial charge is 0.433 e. The molecule has 3 fully saturated rings. The summed E-state index contributed by atoms with van der Waals surface area (Å²) in [6, 6.07) is 13.2. The molecule has 0 atom stereocenters.